The standard InChI is InChI=1S/C17H26O3/c1-16(2,3)11-17(4,5)15(19)14(18)12-8-7-9-13(10-12)20-6/h7-10,15,19H,11H2,1-6H3. The Kier molecular flexibility index (Phi) is 4.98. The quantitative estimate of drug-likeness (QED) is 0.835. The number of aliphatic hydroxyl groups is 1. The van der Waals surface area contributed by atoms with Gasteiger partial charge in [-0.05, 0) is 29.4 Å². The van der Waals surface area contributed by atoms with E-state index in [1.165, 1.54) is 0 Å². The molecular formula is C17H26O3. The summed E-state index contributed by atoms with van der Waals surface area (Å²) in [6.45, 7) is 10.2. The minimum Gasteiger partial charge on any atom is -0.497 e. The van der Waals surface area contributed by atoms with Crippen LogP contribution in [0.3, 0.4) is 0 Å². The molecule has 0 fully saturated rings. The molecule has 0 saturated heterocycles. The molecule has 0 bridgehead atoms. The van der Waals surface area contributed by atoms with Crippen LogP contribution in [0.15, 0.2) is 24.3 Å². The van der Waals surface area contributed by atoms with Crippen molar-refractivity contribution in [1.82, 2.24) is 0 Å². The summed E-state index contributed by atoms with van der Waals surface area (Å²) < 4.78 is 5.12. The van der Waals surface area contributed by atoms with Gasteiger partial charge in [0.05, 0.1) is 7.11 Å². The van der Waals surface area contributed by atoms with E-state index in [-0.39, 0.29) is 11.2 Å². The van der Waals surface area contributed by atoms with Gasteiger partial charge in [-0.1, -0.05) is 46.8 Å². The van der Waals surface area contributed by atoms with E-state index >= 15 is 0 Å². The first-order valence-corrected chi connectivity index (χ1v) is 6.93. The fraction of sp³-hybridized carbons (Fsp3) is 0.588. The molecule has 1 aromatic rings. The first-order valence-electron chi connectivity index (χ1n) is 6.93. The van der Waals surface area contributed by atoms with Gasteiger partial charge in [0.1, 0.15) is 11.9 Å². The van der Waals surface area contributed by atoms with E-state index in [2.05, 4.69) is 20.8 Å². The molecule has 112 valence electrons. The molecule has 0 radical (unpaired) electrons. The lowest BCUT2D eigenvalue weighted by Crippen LogP contribution is -2.39. The minimum absolute atomic E-state index is 0.0547. The number of ketones is 1. The number of hydrogen-bond donors (Lipinski definition) is 1. The van der Waals surface area contributed by atoms with Crippen molar-refractivity contribution in [3.8, 4) is 5.75 Å². The third-order valence-corrected chi connectivity index (χ3v) is 3.33. The molecular weight excluding hydrogens is 252 g/mol. The summed E-state index contributed by atoms with van der Waals surface area (Å²) in [5, 5.41) is 10.4. The van der Waals surface area contributed by atoms with Gasteiger partial charge in [0.2, 0.25) is 0 Å². The van der Waals surface area contributed by atoms with Crippen LogP contribution in [0, 0.1) is 10.8 Å². The fourth-order valence-electron chi connectivity index (χ4n) is 2.75. The third kappa shape index (κ3) is 4.34. The van der Waals surface area contributed by atoms with Crippen molar-refractivity contribution in [3.63, 3.8) is 0 Å². The maximum Gasteiger partial charge on any atom is 0.191 e. The van der Waals surface area contributed by atoms with Crippen LogP contribution in [0.25, 0.3) is 0 Å². The number of benzene rings is 1. The zero-order valence-corrected chi connectivity index (χ0v) is 13.4. The molecule has 0 spiro atoms. The predicted octanol–water partition coefficient (Wildman–Crippen LogP) is 3.70. The average molecular weight is 278 g/mol. The Labute approximate surface area is 122 Å². The number of Topliss-reactive ketones (excluding diaryl/α,β-unsaturated/α-hetero) is 1. The Bertz CT molecular complexity index is 469. The molecule has 1 atom stereocenters. The van der Waals surface area contributed by atoms with Crippen molar-refractivity contribution in [2.75, 3.05) is 7.11 Å². The molecule has 0 aliphatic carbocycles. The van der Waals surface area contributed by atoms with Gasteiger partial charge >= 0.3 is 0 Å². The molecule has 3 heteroatoms. The number of carbonyl (C=O) groups excluding carboxylic acids is 1. The van der Waals surface area contributed by atoms with E-state index in [0.29, 0.717) is 11.3 Å². The number of carbonyl (C=O) groups is 1. The summed E-state index contributed by atoms with van der Waals surface area (Å²) in [6.07, 6.45) is -0.259. The monoisotopic (exact) mass is 278 g/mol. The van der Waals surface area contributed by atoms with Gasteiger partial charge in [0, 0.05) is 5.56 Å². The highest BCUT2D eigenvalue weighted by atomic mass is 16.5. The van der Waals surface area contributed by atoms with Crippen LogP contribution < -0.4 is 4.74 Å². The number of methoxy groups -OCH3 is 1. The van der Waals surface area contributed by atoms with E-state index in [0.717, 1.165) is 6.42 Å². The lowest BCUT2D eigenvalue weighted by molar-refractivity contribution is 0.0222. The van der Waals surface area contributed by atoms with Gasteiger partial charge in [0.15, 0.2) is 5.78 Å². The summed E-state index contributed by atoms with van der Waals surface area (Å²) >= 11 is 0. The first-order chi connectivity index (χ1) is 9.07. The Morgan fingerprint density at radius 3 is 2.35 bits per heavy atom. The normalized spacial score (nSPS) is 13.9. The minimum atomic E-state index is -1.02. The van der Waals surface area contributed by atoms with Crippen molar-refractivity contribution in [3.05, 3.63) is 29.8 Å². The Hall–Kier alpha value is -1.35. The van der Waals surface area contributed by atoms with Gasteiger partial charge in [-0.15, -0.1) is 0 Å². The zero-order valence-electron chi connectivity index (χ0n) is 13.4. The molecule has 1 N–H and O–H groups in total. The van der Waals surface area contributed by atoms with Gasteiger partial charge in [-0.25, -0.2) is 0 Å². The zero-order chi connectivity index (χ0) is 15.6. The van der Waals surface area contributed by atoms with Crippen molar-refractivity contribution < 1.29 is 14.6 Å². The van der Waals surface area contributed by atoms with E-state index in [4.69, 9.17) is 4.74 Å². The third-order valence-electron chi connectivity index (χ3n) is 3.33. The molecule has 0 aliphatic heterocycles. The molecule has 1 aromatic carbocycles. The largest absolute Gasteiger partial charge is 0.497 e. The van der Waals surface area contributed by atoms with Gasteiger partial charge in [-0.3, -0.25) is 4.79 Å². The number of ether oxygens (including phenoxy) is 1. The second-order valence-corrected chi connectivity index (χ2v) is 7.22. The highest BCUT2D eigenvalue weighted by Gasteiger charge is 2.37. The second kappa shape index (κ2) is 5.96. The number of rotatable bonds is 5. The SMILES string of the molecule is COc1cccc(C(=O)C(O)C(C)(C)CC(C)(C)C)c1. The lowest BCUT2D eigenvalue weighted by atomic mass is 9.71. The van der Waals surface area contributed by atoms with Gasteiger partial charge in [-0.2, -0.15) is 0 Å². The van der Waals surface area contributed by atoms with Crippen LogP contribution in [-0.4, -0.2) is 24.1 Å². The predicted molar refractivity (Wildman–Crippen MR) is 81.2 cm³/mol. The molecule has 1 unspecified atom stereocenters. The smallest absolute Gasteiger partial charge is 0.191 e. The highest BCUT2D eigenvalue weighted by Crippen LogP contribution is 2.37. The molecule has 0 aliphatic rings. The van der Waals surface area contributed by atoms with Crippen molar-refractivity contribution in [2.45, 2.75) is 47.1 Å². The summed E-state index contributed by atoms with van der Waals surface area (Å²) in [4.78, 5) is 12.4. The molecule has 20 heavy (non-hydrogen) atoms. The Balaban J connectivity index is 2.95. The Morgan fingerprint density at radius 1 is 1.25 bits per heavy atom. The van der Waals surface area contributed by atoms with E-state index < -0.39 is 11.5 Å². The molecule has 0 aromatic heterocycles. The number of hydrogen-bond acceptors (Lipinski definition) is 3. The van der Waals surface area contributed by atoms with Gasteiger partial charge in [0.25, 0.3) is 0 Å². The lowest BCUT2D eigenvalue weighted by Gasteiger charge is -2.35. The van der Waals surface area contributed by atoms with E-state index in [1.807, 2.05) is 13.8 Å². The average Bonchev–Trinajstić information content (AvgIpc) is 2.34. The van der Waals surface area contributed by atoms with Crippen LogP contribution in [0.5, 0.6) is 5.75 Å². The summed E-state index contributed by atoms with van der Waals surface area (Å²) in [5.41, 5.74) is 0.0659. The molecule has 0 saturated carbocycles. The summed E-state index contributed by atoms with van der Waals surface area (Å²) in [5.74, 6) is 0.370. The van der Waals surface area contributed by atoms with Crippen LogP contribution in [0.2, 0.25) is 0 Å². The van der Waals surface area contributed by atoms with Crippen LogP contribution in [0.4, 0.5) is 0 Å². The molecule has 1 rings (SSSR count). The van der Waals surface area contributed by atoms with Crippen molar-refractivity contribution in [2.24, 2.45) is 10.8 Å². The fourth-order valence-corrected chi connectivity index (χ4v) is 2.75. The van der Waals surface area contributed by atoms with Crippen molar-refractivity contribution >= 4 is 5.78 Å². The second-order valence-electron chi connectivity index (χ2n) is 7.22. The van der Waals surface area contributed by atoms with E-state index in [1.54, 1.807) is 31.4 Å². The number of aliphatic hydroxyl groups excluding tert-OH is 1. The van der Waals surface area contributed by atoms with E-state index in [9.17, 15) is 9.90 Å². The topological polar surface area (TPSA) is 46.5 Å². The van der Waals surface area contributed by atoms with Crippen LogP contribution >= 0.6 is 0 Å². The Morgan fingerprint density at radius 2 is 1.85 bits per heavy atom. The summed E-state index contributed by atoms with van der Waals surface area (Å²) in [7, 11) is 1.56. The van der Waals surface area contributed by atoms with Gasteiger partial charge < -0.3 is 9.84 Å². The maximum absolute atomic E-state index is 12.4. The summed E-state index contributed by atoms with van der Waals surface area (Å²) in [6, 6.07) is 6.92. The highest BCUT2D eigenvalue weighted by molar-refractivity contribution is 6.00. The molecule has 0 heterocycles. The first kappa shape index (κ1) is 16.7. The maximum atomic E-state index is 12.4. The van der Waals surface area contributed by atoms with Crippen LogP contribution in [-0.2, 0) is 0 Å². The van der Waals surface area contributed by atoms with Crippen LogP contribution in [0.1, 0.15) is 51.4 Å². The molecule has 3 nitrogen and oxygen atoms in total. The van der Waals surface area contributed by atoms with Crippen molar-refractivity contribution in [1.29, 1.82) is 0 Å². The molecule has 0 amide bonds.